The average molecular weight is 339 g/mol. The SMILES string of the molecule is C[C@@H](NC(=O)NCc1ccc(N(C)C)nc1)c1ccc(Cl)s1. The van der Waals surface area contributed by atoms with Gasteiger partial charge in [-0.2, -0.15) is 0 Å². The number of amides is 2. The number of carbonyl (C=O) groups excluding carboxylic acids is 1. The molecule has 1 atom stereocenters. The van der Waals surface area contributed by atoms with Gasteiger partial charge in [-0.1, -0.05) is 17.7 Å². The average Bonchev–Trinajstić information content (AvgIpc) is 2.92. The van der Waals surface area contributed by atoms with Gasteiger partial charge in [-0.05, 0) is 30.7 Å². The zero-order valence-electron chi connectivity index (χ0n) is 12.8. The molecule has 2 aromatic rings. The maximum Gasteiger partial charge on any atom is 0.315 e. The Morgan fingerprint density at radius 2 is 2.14 bits per heavy atom. The second-order valence-electron chi connectivity index (χ2n) is 5.11. The number of anilines is 1. The van der Waals surface area contributed by atoms with E-state index in [1.54, 1.807) is 6.20 Å². The van der Waals surface area contributed by atoms with Crippen molar-refractivity contribution in [1.29, 1.82) is 0 Å². The minimum Gasteiger partial charge on any atom is -0.363 e. The number of pyridine rings is 1. The quantitative estimate of drug-likeness (QED) is 0.878. The summed E-state index contributed by atoms with van der Waals surface area (Å²) in [6.07, 6.45) is 1.76. The number of urea groups is 1. The lowest BCUT2D eigenvalue weighted by Crippen LogP contribution is -2.36. The monoisotopic (exact) mass is 338 g/mol. The number of nitrogens with one attached hydrogen (secondary N) is 2. The maximum atomic E-state index is 11.9. The standard InChI is InChI=1S/C15H19ClN4OS/c1-10(12-5-6-13(16)22-12)19-15(21)18-9-11-4-7-14(17-8-11)20(2)3/h4-8,10H,9H2,1-3H3,(H2,18,19,21)/t10-/m1/s1. The maximum absolute atomic E-state index is 11.9. The minimum atomic E-state index is -0.214. The first kappa shape index (κ1) is 16.6. The Kier molecular flexibility index (Phi) is 5.63. The summed E-state index contributed by atoms with van der Waals surface area (Å²) in [7, 11) is 3.87. The topological polar surface area (TPSA) is 57.3 Å². The largest absolute Gasteiger partial charge is 0.363 e. The molecule has 0 unspecified atom stereocenters. The van der Waals surface area contributed by atoms with E-state index in [0.717, 1.165) is 20.6 Å². The van der Waals surface area contributed by atoms with Crippen molar-refractivity contribution in [1.82, 2.24) is 15.6 Å². The summed E-state index contributed by atoms with van der Waals surface area (Å²) < 4.78 is 0.719. The van der Waals surface area contributed by atoms with Gasteiger partial charge >= 0.3 is 6.03 Å². The summed E-state index contributed by atoms with van der Waals surface area (Å²) in [5.41, 5.74) is 0.951. The van der Waals surface area contributed by atoms with Crippen LogP contribution in [-0.4, -0.2) is 25.1 Å². The lowest BCUT2D eigenvalue weighted by Gasteiger charge is -2.14. The molecular weight excluding hydrogens is 320 g/mol. The zero-order valence-corrected chi connectivity index (χ0v) is 14.3. The van der Waals surface area contributed by atoms with Gasteiger partial charge in [0.2, 0.25) is 0 Å². The lowest BCUT2D eigenvalue weighted by molar-refractivity contribution is 0.237. The highest BCUT2D eigenvalue weighted by molar-refractivity contribution is 7.16. The second kappa shape index (κ2) is 7.47. The summed E-state index contributed by atoms with van der Waals surface area (Å²) in [6, 6.07) is 7.33. The Labute approximate surface area is 139 Å². The molecule has 2 aromatic heterocycles. The number of halogens is 1. The minimum absolute atomic E-state index is 0.0771. The molecule has 7 heteroatoms. The van der Waals surface area contributed by atoms with Crippen molar-refractivity contribution in [3.63, 3.8) is 0 Å². The predicted octanol–water partition coefficient (Wildman–Crippen LogP) is 3.42. The van der Waals surface area contributed by atoms with Crippen LogP contribution >= 0.6 is 22.9 Å². The van der Waals surface area contributed by atoms with Gasteiger partial charge in [-0.3, -0.25) is 0 Å². The number of carbonyl (C=O) groups is 1. The van der Waals surface area contributed by atoms with Gasteiger partial charge in [0.15, 0.2) is 0 Å². The van der Waals surface area contributed by atoms with Crippen molar-refractivity contribution in [3.05, 3.63) is 45.2 Å². The van der Waals surface area contributed by atoms with Crippen molar-refractivity contribution in [2.45, 2.75) is 19.5 Å². The summed E-state index contributed by atoms with van der Waals surface area (Å²) in [5.74, 6) is 0.886. The first-order valence-corrected chi connectivity index (χ1v) is 8.07. The molecule has 0 aromatic carbocycles. The molecule has 2 heterocycles. The molecule has 0 aliphatic rings. The Hall–Kier alpha value is -1.79. The zero-order chi connectivity index (χ0) is 16.1. The van der Waals surface area contributed by atoms with Crippen LogP contribution in [0.25, 0.3) is 0 Å². The van der Waals surface area contributed by atoms with E-state index in [4.69, 9.17) is 11.6 Å². The molecule has 0 aliphatic heterocycles. The molecule has 118 valence electrons. The predicted molar refractivity (Wildman–Crippen MR) is 91.7 cm³/mol. The normalized spacial score (nSPS) is 11.8. The summed E-state index contributed by atoms with van der Waals surface area (Å²) in [5, 5.41) is 5.71. The third-order valence-corrected chi connectivity index (χ3v) is 4.50. The molecule has 0 bridgehead atoms. The second-order valence-corrected chi connectivity index (χ2v) is 6.86. The fraction of sp³-hybridized carbons (Fsp3) is 0.333. The fourth-order valence-corrected chi connectivity index (χ4v) is 2.91. The molecule has 0 saturated carbocycles. The van der Waals surface area contributed by atoms with Gasteiger partial charge in [0.1, 0.15) is 5.82 Å². The Bertz CT molecular complexity index is 627. The number of hydrogen-bond donors (Lipinski definition) is 2. The van der Waals surface area contributed by atoms with Crippen molar-refractivity contribution in [2.24, 2.45) is 0 Å². The molecule has 0 fully saturated rings. The summed E-state index contributed by atoms with van der Waals surface area (Å²) >= 11 is 7.36. The molecule has 0 aliphatic carbocycles. The summed E-state index contributed by atoms with van der Waals surface area (Å²) in [4.78, 5) is 19.2. The first-order chi connectivity index (χ1) is 10.5. The molecule has 0 spiro atoms. The van der Waals surface area contributed by atoms with Crippen LogP contribution in [0.2, 0.25) is 4.34 Å². The van der Waals surface area contributed by atoms with Crippen LogP contribution in [-0.2, 0) is 6.54 Å². The van der Waals surface area contributed by atoms with Crippen molar-refractivity contribution in [2.75, 3.05) is 19.0 Å². The van der Waals surface area contributed by atoms with E-state index in [2.05, 4.69) is 15.6 Å². The molecule has 0 saturated heterocycles. The van der Waals surface area contributed by atoms with E-state index < -0.39 is 0 Å². The molecule has 5 nitrogen and oxygen atoms in total. The van der Waals surface area contributed by atoms with Gasteiger partial charge < -0.3 is 15.5 Å². The molecule has 2 rings (SSSR count). The Morgan fingerprint density at radius 3 is 2.68 bits per heavy atom. The molecule has 0 radical (unpaired) electrons. The van der Waals surface area contributed by atoms with Crippen LogP contribution < -0.4 is 15.5 Å². The van der Waals surface area contributed by atoms with Crippen LogP contribution in [0.3, 0.4) is 0 Å². The van der Waals surface area contributed by atoms with E-state index in [0.29, 0.717) is 6.54 Å². The van der Waals surface area contributed by atoms with E-state index in [9.17, 15) is 4.79 Å². The van der Waals surface area contributed by atoms with E-state index in [-0.39, 0.29) is 12.1 Å². The smallest absolute Gasteiger partial charge is 0.315 e. The van der Waals surface area contributed by atoms with Gasteiger partial charge in [0.05, 0.1) is 10.4 Å². The van der Waals surface area contributed by atoms with Crippen LogP contribution in [0.1, 0.15) is 23.4 Å². The third kappa shape index (κ3) is 4.61. The highest BCUT2D eigenvalue weighted by atomic mass is 35.5. The van der Waals surface area contributed by atoms with Crippen molar-refractivity contribution in [3.8, 4) is 0 Å². The summed E-state index contributed by atoms with van der Waals surface area (Å²) in [6.45, 7) is 2.36. The van der Waals surface area contributed by atoms with E-state index >= 15 is 0 Å². The third-order valence-electron chi connectivity index (χ3n) is 3.09. The Balaban J connectivity index is 1.82. The van der Waals surface area contributed by atoms with Gasteiger partial charge in [0, 0.05) is 31.7 Å². The number of aromatic nitrogens is 1. The van der Waals surface area contributed by atoms with Crippen LogP contribution in [0.15, 0.2) is 30.5 Å². The molecule has 22 heavy (non-hydrogen) atoms. The molecule has 2 amide bonds. The first-order valence-electron chi connectivity index (χ1n) is 6.87. The number of thiophene rings is 1. The van der Waals surface area contributed by atoms with E-state index in [1.165, 1.54) is 11.3 Å². The number of rotatable bonds is 5. The van der Waals surface area contributed by atoms with Crippen LogP contribution in [0.4, 0.5) is 10.6 Å². The van der Waals surface area contributed by atoms with Gasteiger partial charge in [0.25, 0.3) is 0 Å². The van der Waals surface area contributed by atoms with Gasteiger partial charge in [-0.25, -0.2) is 9.78 Å². The van der Waals surface area contributed by atoms with Crippen LogP contribution in [0.5, 0.6) is 0 Å². The van der Waals surface area contributed by atoms with Crippen molar-refractivity contribution >= 4 is 34.8 Å². The number of nitrogens with zero attached hydrogens (tertiary/aromatic N) is 2. The van der Waals surface area contributed by atoms with Crippen molar-refractivity contribution < 1.29 is 4.79 Å². The number of hydrogen-bond acceptors (Lipinski definition) is 4. The lowest BCUT2D eigenvalue weighted by atomic mass is 10.2. The highest BCUT2D eigenvalue weighted by Crippen LogP contribution is 2.26. The van der Waals surface area contributed by atoms with E-state index in [1.807, 2.05) is 50.2 Å². The fourth-order valence-electron chi connectivity index (χ4n) is 1.85. The molecule has 2 N–H and O–H groups in total. The highest BCUT2D eigenvalue weighted by Gasteiger charge is 2.11. The molecular formula is C15H19ClN4OS. The Morgan fingerprint density at radius 1 is 1.36 bits per heavy atom. The van der Waals surface area contributed by atoms with Gasteiger partial charge in [-0.15, -0.1) is 11.3 Å². The van der Waals surface area contributed by atoms with Crippen LogP contribution in [0, 0.1) is 0 Å².